The molecule has 0 saturated heterocycles. The van der Waals surface area contributed by atoms with E-state index in [1.54, 1.807) is 13.1 Å². The molecule has 0 aliphatic carbocycles. The van der Waals surface area contributed by atoms with Crippen LogP contribution in [0.1, 0.15) is 27.4 Å². The average Bonchev–Trinajstić information content (AvgIpc) is 3.20. The van der Waals surface area contributed by atoms with Crippen molar-refractivity contribution in [1.29, 1.82) is 0 Å². The lowest BCUT2D eigenvalue weighted by atomic mass is 10.1. The van der Waals surface area contributed by atoms with Gasteiger partial charge in [-0.2, -0.15) is 0 Å². The van der Waals surface area contributed by atoms with E-state index in [0.29, 0.717) is 12.3 Å². The highest BCUT2D eigenvalue weighted by atomic mass is 16.5. The Balaban J connectivity index is 1.52. The van der Waals surface area contributed by atoms with Gasteiger partial charge in [0.1, 0.15) is 11.5 Å². The molecular weight excluding hydrogens is 292 g/mol. The Morgan fingerprint density at radius 3 is 3.00 bits per heavy atom. The molecule has 1 aromatic heterocycles. The fourth-order valence-corrected chi connectivity index (χ4v) is 2.77. The lowest BCUT2D eigenvalue weighted by molar-refractivity contribution is 0.0932. The monoisotopic (exact) mass is 314 g/mol. The van der Waals surface area contributed by atoms with E-state index in [9.17, 15) is 4.79 Å². The zero-order valence-corrected chi connectivity index (χ0v) is 13.6. The topological polar surface area (TPSA) is 54.7 Å². The van der Waals surface area contributed by atoms with Crippen LogP contribution in [0.5, 0.6) is 5.75 Å². The fourth-order valence-electron chi connectivity index (χ4n) is 2.77. The number of nitrogens with zero attached hydrogens (tertiary/aromatic N) is 1. The first-order chi connectivity index (χ1) is 11.2. The van der Waals surface area contributed by atoms with Gasteiger partial charge in [-0.25, -0.2) is 0 Å². The summed E-state index contributed by atoms with van der Waals surface area (Å²) < 4.78 is 11.1. The number of rotatable bonds is 6. The Kier molecular flexibility index (Phi) is 4.67. The molecule has 1 N–H and O–H groups in total. The first kappa shape index (κ1) is 15.6. The van der Waals surface area contributed by atoms with Crippen LogP contribution in [0.15, 0.2) is 34.7 Å². The van der Waals surface area contributed by atoms with E-state index in [-0.39, 0.29) is 5.91 Å². The highest BCUT2D eigenvalue weighted by molar-refractivity contribution is 5.91. The lowest BCUT2D eigenvalue weighted by Crippen LogP contribution is -2.20. The summed E-state index contributed by atoms with van der Waals surface area (Å²) in [6, 6.07) is 10.0. The van der Waals surface area contributed by atoms with Gasteiger partial charge >= 0.3 is 0 Å². The highest BCUT2D eigenvalue weighted by Crippen LogP contribution is 2.26. The van der Waals surface area contributed by atoms with Crippen molar-refractivity contribution in [3.63, 3.8) is 0 Å². The number of ether oxygens (including phenoxy) is 1. The number of amides is 1. The first-order valence-corrected chi connectivity index (χ1v) is 7.89. The zero-order chi connectivity index (χ0) is 16.2. The molecule has 5 nitrogen and oxygen atoms in total. The number of fused-ring (bicyclic) bond motifs is 1. The Hall–Kier alpha value is -2.27. The van der Waals surface area contributed by atoms with Crippen LogP contribution in [0.2, 0.25) is 0 Å². The molecule has 0 atom stereocenters. The molecule has 3 rings (SSSR count). The van der Waals surface area contributed by atoms with Gasteiger partial charge in [0.15, 0.2) is 5.76 Å². The third kappa shape index (κ3) is 3.74. The average molecular weight is 314 g/mol. The molecule has 0 bridgehead atoms. The third-order valence-corrected chi connectivity index (χ3v) is 4.07. The quantitative estimate of drug-likeness (QED) is 0.888. The Labute approximate surface area is 136 Å². The Morgan fingerprint density at radius 2 is 2.17 bits per heavy atom. The van der Waals surface area contributed by atoms with Gasteiger partial charge in [0.2, 0.25) is 0 Å². The van der Waals surface area contributed by atoms with Crippen LogP contribution < -0.4 is 10.1 Å². The molecule has 5 heteroatoms. The number of furan rings is 1. The molecule has 1 aliphatic heterocycles. The molecule has 0 unspecified atom stereocenters. The van der Waals surface area contributed by atoms with E-state index in [1.165, 1.54) is 11.1 Å². The van der Waals surface area contributed by atoms with Gasteiger partial charge in [0, 0.05) is 20.0 Å². The molecule has 2 heterocycles. The van der Waals surface area contributed by atoms with Gasteiger partial charge in [-0.3, -0.25) is 9.69 Å². The van der Waals surface area contributed by atoms with Crippen molar-refractivity contribution < 1.29 is 13.9 Å². The Morgan fingerprint density at radius 1 is 1.30 bits per heavy atom. The van der Waals surface area contributed by atoms with Gasteiger partial charge in [-0.15, -0.1) is 0 Å². The van der Waals surface area contributed by atoms with Gasteiger partial charge in [-0.1, -0.05) is 12.1 Å². The maximum absolute atomic E-state index is 11.5. The van der Waals surface area contributed by atoms with Crippen LogP contribution in [-0.4, -0.2) is 38.1 Å². The van der Waals surface area contributed by atoms with Crippen LogP contribution in [-0.2, 0) is 19.4 Å². The predicted octanol–water partition coefficient (Wildman–Crippen LogP) is 2.25. The molecular formula is C18H22N2O3. The Bertz CT molecular complexity index is 693. The lowest BCUT2D eigenvalue weighted by Gasteiger charge is -2.15. The van der Waals surface area contributed by atoms with E-state index in [1.807, 2.05) is 6.07 Å². The minimum absolute atomic E-state index is 0.195. The van der Waals surface area contributed by atoms with E-state index < -0.39 is 0 Å². The summed E-state index contributed by atoms with van der Waals surface area (Å²) in [5.74, 6) is 1.99. The van der Waals surface area contributed by atoms with Gasteiger partial charge in [0.25, 0.3) is 5.91 Å². The first-order valence-electron chi connectivity index (χ1n) is 7.89. The molecule has 1 aliphatic rings. The third-order valence-electron chi connectivity index (χ3n) is 4.07. The summed E-state index contributed by atoms with van der Waals surface area (Å²) in [7, 11) is 3.65. The van der Waals surface area contributed by atoms with Gasteiger partial charge in [0.05, 0.1) is 13.2 Å². The van der Waals surface area contributed by atoms with Crippen molar-refractivity contribution in [2.24, 2.45) is 0 Å². The van der Waals surface area contributed by atoms with Crippen LogP contribution >= 0.6 is 0 Å². The van der Waals surface area contributed by atoms with E-state index >= 15 is 0 Å². The van der Waals surface area contributed by atoms with Crippen molar-refractivity contribution in [3.05, 3.63) is 53.0 Å². The van der Waals surface area contributed by atoms with Crippen LogP contribution in [0, 0.1) is 0 Å². The summed E-state index contributed by atoms with van der Waals surface area (Å²) in [4.78, 5) is 13.7. The molecule has 1 aromatic carbocycles. The van der Waals surface area contributed by atoms with Crippen LogP contribution in [0.3, 0.4) is 0 Å². The highest BCUT2D eigenvalue weighted by Gasteiger charge is 2.13. The summed E-state index contributed by atoms with van der Waals surface area (Å²) in [6.45, 7) is 2.41. The van der Waals surface area contributed by atoms with Crippen LogP contribution in [0.25, 0.3) is 0 Å². The number of hydrogen-bond acceptors (Lipinski definition) is 4. The second-order valence-corrected chi connectivity index (χ2v) is 5.87. The molecule has 122 valence electrons. The molecule has 0 fully saturated rings. The SMILES string of the molecule is CNC(=O)c1ccc(CN(C)CCc2ccc3c(c2)CCO3)o1. The molecule has 1 amide bonds. The number of likely N-dealkylation sites (N-methyl/N-ethyl adjacent to an activating group) is 1. The van der Waals surface area contributed by atoms with E-state index in [0.717, 1.165) is 37.5 Å². The standard InChI is InChI=1S/C18H22N2O3/c1-19-18(21)17-6-4-15(23-17)12-20(2)9-7-13-3-5-16-14(11-13)8-10-22-16/h3-6,11H,7-10,12H2,1-2H3,(H,19,21). The minimum atomic E-state index is -0.195. The number of hydrogen-bond donors (Lipinski definition) is 1. The summed E-state index contributed by atoms with van der Waals surface area (Å²) in [5.41, 5.74) is 2.64. The number of nitrogens with one attached hydrogen (secondary N) is 1. The summed E-state index contributed by atoms with van der Waals surface area (Å²) in [5, 5.41) is 2.56. The van der Waals surface area contributed by atoms with Gasteiger partial charge < -0.3 is 14.5 Å². The number of benzene rings is 1. The maximum atomic E-state index is 11.5. The predicted molar refractivity (Wildman–Crippen MR) is 87.8 cm³/mol. The van der Waals surface area contributed by atoms with Crippen molar-refractivity contribution in [3.8, 4) is 5.75 Å². The molecule has 23 heavy (non-hydrogen) atoms. The largest absolute Gasteiger partial charge is 0.493 e. The summed E-state index contributed by atoms with van der Waals surface area (Å²) in [6.07, 6.45) is 1.99. The second-order valence-electron chi connectivity index (χ2n) is 5.87. The van der Waals surface area contributed by atoms with Crippen molar-refractivity contribution in [2.75, 3.05) is 27.2 Å². The molecule has 2 aromatic rings. The fraction of sp³-hybridized carbons (Fsp3) is 0.389. The second kappa shape index (κ2) is 6.87. The van der Waals surface area contributed by atoms with Crippen molar-refractivity contribution in [1.82, 2.24) is 10.2 Å². The van der Waals surface area contributed by atoms with E-state index in [2.05, 4.69) is 35.5 Å². The van der Waals surface area contributed by atoms with Gasteiger partial charge in [-0.05, 0) is 42.8 Å². The maximum Gasteiger partial charge on any atom is 0.286 e. The normalized spacial score (nSPS) is 13.0. The number of carbonyl (C=O) groups is 1. The summed E-state index contributed by atoms with van der Waals surface area (Å²) >= 11 is 0. The smallest absolute Gasteiger partial charge is 0.286 e. The van der Waals surface area contributed by atoms with Crippen molar-refractivity contribution in [2.45, 2.75) is 19.4 Å². The van der Waals surface area contributed by atoms with Crippen LogP contribution in [0.4, 0.5) is 0 Å². The van der Waals surface area contributed by atoms with Crippen molar-refractivity contribution >= 4 is 5.91 Å². The zero-order valence-electron chi connectivity index (χ0n) is 13.6. The molecule has 0 saturated carbocycles. The molecule has 0 spiro atoms. The number of carbonyl (C=O) groups excluding carboxylic acids is 1. The van der Waals surface area contributed by atoms with E-state index in [4.69, 9.17) is 9.15 Å². The minimum Gasteiger partial charge on any atom is -0.493 e. The molecule has 0 radical (unpaired) electrons.